The van der Waals surface area contributed by atoms with Crippen molar-refractivity contribution in [2.45, 2.75) is 25.7 Å². The molecular weight excluding hydrogens is 140 g/mol. The third kappa shape index (κ3) is 1.30. The smallest absolute Gasteiger partial charge is 0.0544 e. The maximum absolute atomic E-state index is 8.92. The average Bonchev–Trinajstić information content (AvgIpc) is 2.02. The van der Waals surface area contributed by atoms with Gasteiger partial charge in [0.05, 0.1) is 13.2 Å². The number of aliphatic hydroxyl groups is 1. The van der Waals surface area contributed by atoms with Crippen LogP contribution in [0.15, 0.2) is 0 Å². The molecule has 11 heavy (non-hydrogen) atoms. The lowest BCUT2D eigenvalue weighted by Crippen LogP contribution is -2.45. The summed E-state index contributed by atoms with van der Waals surface area (Å²) >= 11 is 0. The summed E-state index contributed by atoms with van der Waals surface area (Å²) in [5.41, 5.74) is 0.547. The zero-order chi connectivity index (χ0) is 7.73. The highest BCUT2D eigenvalue weighted by atomic mass is 16.5. The van der Waals surface area contributed by atoms with Gasteiger partial charge in [0, 0.05) is 12.0 Å². The van der Waals surface area contributed by atoms with E-state index in [4.69, 9.17) is 9.84 Å². The summed E-state index contributed by atoms with van der Waals surface area (Å²) in [5.74, 6) is 0.584. The quantitative estimate of drug-likeness (QED) is 0.618. The molecule has 2 rings (SSSR count). The molecule has 1 aliphatic carbocycles. The van der Waals surface area contributed by atoms with Crippen molar-refractivity contribution in [2.75, 3.05) is 19.8 Å². The van der Waals surface area contributed by atoms with Crippen LogP contribution in [0.25, 0.3) is 0 Å². The second-order valence-corrected chi connectivity index (χ2v) is 4.12. The van der Waals surface area contributed by atoms with Gasteiger partial charge in [0.15, 0.2) is 0 Å². The Morgan fingerprint density at radius 2 is 1.91 bits per heavy atom. The number of ether oxygens (including phenoxy) is 1. The van der Waals surface area contributed by atoms with Crippen molar-refractivity contribution in [2.24, 2.45) is 11.3 Å². The highest BCUT2D eigenvalue weighted by Gasteiger charge is 2.41. The van der Waals surface area contributed by atoms with Gasteiger partial charge in [0.2, 0.25) is 0 Å². The fourth-order valence-electron chi connectivity index (χ4n) is 2.15. The lowest BCUT2D eigenvalue weighted by molar-refractivity contribution is -0.138. The molecule has 1 saturated heterocycles. The first-order valence-electron chi connectivity index (χ1n) is 4.53. The number of rotatable bonds is 1. The van der Waals surface area contributed by atoms with Gasteiger partial charge in [-0.05, 0) is 31.6 Å². The second kappa shape index (κ2) is 2.76. The largest absolute Gasteiger partial charge is 0.396 e. The monoisotopic (exact) mass is 156 g/mol. The van der Waals surface area contributed by atoms with E-state index in [1.807, 2.05) is 0 Å². The van der Waals surface area contributed by atoms with Crippen LogP contribution < -0.4 is 0 Å². The van der Waals surface area contributed by atoms with Gasteiger partial charge in [-0.15, -0.1) is 0 Å². The normalized spacial score (nSPS) is 30.3. The Bertz CT molecular complexity index is 130. The summed E-state index contributed by atoms with van der Waals surface area (Å²) in [4.78, 5) is 0. The van der Waals surface area contributed by atoms with Crippen LogP contribution >= 0.6 is 0 Å². The van der Waals surface area contributed by atoms with Crippen molar-refractivity contribution >= 4 is 0 Å². The Morgan fingerprint density at radius 3 is 2.27 bits per heavy atom. The Morgan fingerprint density at radius 1 is 1.27 bits per heavy atom. The molecule has 64 valence electrons. The summed E-state index contributed by atoms with van der Waals surface area (Å²) in [6.45, 7) is 2.34. The molecule has 0 bridgehead atoms. The second-order valence-electron chi connectivity index (χ2n) is 4.12. The Labute approximate surface area is 67.6 Å². The van der Waals surface area contributed by atoms with Gasteiger partial charge in [0.1, 0.15) is 0 Å². The standard InChI is InChI=1S/C9H16O2/c10-5-8-1-3-9(4-2-8)6-11-7-9/h8,10H,1-7H2. The Hall–Kier alpha value is -0.0800. The predicted octanol–water partition coefficient (Wildman–Crippen LogP) is 1.19. The van der Waals surface area contributed by atoms with Crippen molar-refractivity contribution in [3.8, 4) is 0 Å². The van der Waals surface area contributed by atoms with Gasteiger partial charge < -0.3 is 9.84 Å². The van der Waals surface area contributed by atoms with Crippen LogP contribution in [0.1, 0.15) is 25.7 Å². The molecule has 1 N–H and O–H groups in total. The minimum atomic E-state index is 0.386. The summed E-state index contributed by atoms with van der Waals surface area (Å²) in [7, 11) is 0. The van der Waals surface area contributed by atoms with Crippen molar-refractivity contribution in [3.05, 3.63) is 0 Å². The van der Waals surface area contributed by atoms with Crippen LogP contribution in [0.3, 0.4) is 0 Å². The molecule has 0 aromatic carbocycles. The first-order chi connectivity index (χ1) is 5.35. The maximum Gasteiger partial charge on any atom is 0.0544 e. The molecule has 1 heterocycles. The van der Waals surface area contributed by atoms with Crippen LogP contribution in [-0.2, 0) is 4.74 Å². The van der Waals surface area contributed by atoms with E-state index in [-0.39, 0.29) is 0 Å². The fourth-order valence-corrected chi connectivity index (χ4v) is 2.15. The van der Waals surface area contributed by atoms with Crippen molar-refractivity contribution in [3.63, 3.8) is 0 Å². The Kier molecular flexibility index (Phi) is 1.90. The molecule has 2 nitrogen and oxygen atoms in total. The minimum absolute atomic E-state index is 0.386. The van der Waals surface area contributed by atoms with Gasteiger partial charge in [-0.2, -0.15) is 0 Å². The summed E-state index contributed by atoms with van der Waals surface area (Å²) in [6, 6.07) is 0. The van der Waals surface area contributed by atoms with Crippen LogP contribution in [0, 0.1) is 11.3 Å². The van der Waals surface area contributed by atoms with Gasteiger partial charge >= 0.3 is 0 Å². The van der Waals surface area contributed by atoms with E-state index in [0.717, 1.165) is 13.2 Å². The van der Waals surface area contributed by atoms with Crippen molar-refractivity contribution in [1.29, 1.82) is 0 Å². The third-order valence-corrected chi connectivity index (χ3v) is 3.24. The molecule has 0 radical (unpaired) electrons. The average molecular weight is 156 g/mol. The number of hydrogen-bond acceptors (Lipinski definition) is 2. The molecule has 0 atom stereocenters. The summed E-state index contributed by atoms with van der Waals surface area (Å²) < 4.78 is 5.22. The Balaban J connectivity index is 1.84. The van der Waals surface area contributed by atoms with Crippen molar-refractivity contribution in [1.82, 2.24) is 0 Å². The van der Waals surface area contributed by atoms with Crippen molar-refractivity contribution < 1.29 is 9.84 Å². The van der Waals surface area contributed by atoms with Gasteiger partial charge in [-0.1, -0.05) is 0 Å². The molecule has 1 aliphatic heterocycles. The minimum Gasteiger partial charge on any atom is -0.396 e. The first kappa shape index (κ1) is 7.56. The van der Waals surface area contributed by atoms with Crippen LogP contribution in [0.4, 0.5) is 0 Å². The predicted molar refractivity (Wildman–Crippen MR) is 42.3 cm³/mol. The SMILES string of the molecule is OCC1CCC2(CC1)COC2. The third-order valence-electron chi connectivity index (χ3n) is 3.24. The van der Waals surface area contributed by atoms with E-state index in [1.54, 1.807) is 0 Å². The van der Waals surface area contributed by atoms with E-state index in [2.05, 4.69) is 0 Å². The van der Waals surface area contributed by atoms with E-state index >= 15 is 0 Å². The molecule has 2 fully saturated rings. The molecule has 1 saturated carbocycles. The number of aliphatic hydroxyl groups excluding tert-OH is 1. The molecule has 1 spiro atoms. The lowest BCUT2D eigenvalue weighted by atomic mass is 9.69. The molecule has 0 aromatic rings. The van der Waals surface area contributed by atoms with Crippen LogP contribution in [0.2, 0.25) is 0 Å². The van der Waals surface area contributed by atoms with E-state index in [0.29, 0.717) is 17.9 Å². The molecule has 0 aromatic heterocycles. The molecule has 2 aliphatic rings. The zero-order valence-electron chi connectivity index (χ0n) is 6.88. The molecule has 0 amide bonds. The maximum atomic E-state index is 8.92. The van der Waals surface area contributed by atoms with Crippen LogP contribution in [0.5, 0.6) is 0 Å². The van der Waals surface area contributed by atoms with Gasteiger partial charge in [-0.25, -0.2) is 0 Å². The van der Waals surface area contributed by atoms with Crippen LogP contribution in [-0.4, -0.2) is 24.9 Å². The highest BCUT2D eigenvalue weighted by molar-refractivity contribution is 4.90. The van der Waals surface area contributed by atoms with E-state index in [1.165, 1.54) is 25.7 Å². The zero-order valence-corrected chi connectivity index (χ0v) is 6.88. The molecular formula is C9H16O2. The van der Waals surface area contributed by atoms with E-state index in [9.17, 15) is 0 Å². The highest BCUT2D eigenvalue weighted by Crippen LogP contribution is 2.43. The lowest BCUT2D eigenvalue weighted by Gasteiger charge is -2.46. The number of hydrogen-bond donors (Lipinski definition) is 1. The first-order valence-corrected chi connectivity index (χ1v) is 4.53. The van der Waals surface area contributed by atoms with Gasteiger partial charge in [-0.3, -0.25) is 0 Å². The fraction of sp³-hybridized carbons (Fsp3) is 1.00. The summed E-state index contributed by atoms with van der Waals surface area (Å²) in [5, 5.41) is 8.92. The molecule has 0 unspecified atom stereocenters. The summed E-state index contributed by atoms with van der Waals surface area (Å²) in [6.07, 6.45) is 4.97. The topological polar surface area (TPSA) is 29.5 Å². The molecule has 2 heteroatoms. The van der Waals surface area contributed by atoms with Gasteiger partial charge in [0.25, 0.3) is 0 Å². The van der Waals surface area contributed by atoms with E-state index < -0.39 is 0 Å².